The molecule has 0 spiro atoms. The van der Waals surface area contributed by atoms with Gasteiger partial charge in [0.2, 0.25) is 0 Å². The standard InChI is InChI=1S/C14H18N2O4/c17-8-5-11-3-6-15(7-4-11)14-9-12(10-18)1-2-13(14)16(19)20/h1-2,9-11,17H,3-8H2. The lowest BCUT2D eigenvalue weighted by atomic mass is 9.93. The summed E-state index contributed by atoms with van der Waals surface area (Å²) in [5.41, 5.74) is 1.00. The highest BCUT2D eigenvalue weighted by Gasteiger charge is 2.24. The number of carbonyl (C=O) groups excluding carboxylic acids is 1. The molecule has 6 nitrogen and oxygen atoms in total. The molecule has 1 aliphatic rings. The number of nitrogens with zero attached hydrogens (tertiary/aromatic N) is 2. The van der Waals surface area contributed by atoms with E-state index in [0.29, 0.717) is 36.5 Å². The van der Waals surface area contributed by atoms with E-state index in [1.54, 1.807) is 6.07 Å². The Kier molecular flexibility index (Phi) is 4.68. The molecule has 1 N–H and O–H groups in total. The first kappa shape index (κ1) is 14.5. The largest absolute Gasteiger partial charge is 0.396 e. The van der Waals surface area contributed by atoms with Gasteiger partial charge in [0.05, 0.1) is 4.92 Å². The molecule has 0 bridgehead atoms. The van der Waals surface area contributed by atoms with Crippen LogP contribution >= 0.6 is 0 Å². The molecule has 108 valence electrons. The zero-order chi connectivity index (χ0) is 14.5. The number of piperidine rings is 1. The molecule has 20 heavy (non-hydrogen) atoms. The fourth-order valence-corrected chi connectivity index (χ4v) is 2.67. The van der Waals surface area contributed by atoms with Crippen LogP contribution < -0.4 is 4.90 Å². The molecule has 1 saturated heterocycles. The van der Waals surface area contributed by atoms with Crippen molar-refractivity contribution in [3.05, 3.63) is 33.9 Å². The lowest BCUT2D eigenvalue weighted by Gasteiger charge is -2.33. The number of anilines is 1. The monoisotopic (exact) mass is 278 g/mol. The van der Waals surface area contributed by atoms with Crippen molar-refractivity contribution in [1.82, 2.24) is 0 Å². The van der Waals surface area contributed by atoms with Crippen LogP contribution in [0.2, 0.25) is 0 Å². The molecule has 0 amide bonds. The first-order valence-corrected chi connectivity index (χ1v) is 6.75. The molecule has 0 aliphatic carbocycles. The highest BCUT2D eigenvalue weighted by Crippen LogP contribution is 2.32. The highest BCUT2D eigenvalue weighted by molar-refractivity contribution is 5.80. The number of carbonyl (C=O) groups is 1. The first-order valence-electron chi connectivity index (χ1n) is 6.75. The third-order valence-electron chi connectivity index (χ3n) is 3.82. The van der Waals surface area contributed by atoms with Crippen LogP contribution in [-0.4, -0.2) is 36.0 Å². The number of hydrogen-bond acceptors (Lipinski definition) is 5. The first-order chi connectivity index (χ1) is 9.65. The number of aldehydes is 1. The molecule has 1 heterocycles. The van der Waals surface area contributed by atoms with Crippen molar-refractivity contribution >= 4 is 17.7 Å². The second-order valence-electron chi connectivity index (χ2n) is 5.07. The molecule has 1 fully saturated rings. The average molecular weight is 278 g/mol. The van der Waals surface area contributed by atoms with Crippen LogP contribution in [0.25, 0.3) is 0 Å². The molecule has 0 radical (unpaired) electrons. The zero-order valence-corrected chi connectivity index (χ0v) is 11.2. The maximum absolute atomic E-state index is 11.1. The highest BCUT2D eigenvalue weighted by atomic mass is 16.6. The summed E-state index contributed by atoms with van der Waals surface area (Å²) in [5.74, 6) is 0.476. The molecule has 1 aliphatic heterocycles. The van der Waals surface area contributed by atoms with Gasteiger partial charge in [-0.1, -0.05) is 0 Å². The molecule has 6 heteroatoms. The maximum atomic E-state index is 11.1. The fraction of sp³-hybridized carbons (Fsp3) is 0.500. The Hall–Kier alpha value is -1.95. The lowest BCUT2D eigenvalue weighted by molar-refractivity contribution is -0.384. The number of aliphatic hydroxyl groups is 1. The molecule has 1 aromatic carbocycles. The van der Waals surface area contributed by atoms with E-state index in [0.717, 1.165) is 19.3 Å². The molecular weight excluding hydrogens is 260 g/mol. The number of nitro groups is 1. The number of hydrogen-bond donors (Lipinski definition) is 1. The predicted molar refractivity (Wildman–Crippen MR) is 75.1 cm³/mol. The van der Waals surface area contributed by atoms with Crippen LogP contribution in [-0.2, 0) is 0 Å². The summed E-state index contributed by atoms with van der Waals surface area (Å²) in [6.45, 7) is 1.62. The second kappa shape index (κ2) is 6.47. The Morgan fingerprint density at radius 2 is 2.10 bits per heavy atom. The van der Waals surface area contributed by atoms with Crippen LogP contribution in [0.15, 0.2) is 18.2 Å². The fourth-order valence-electron chi connectivity index (χ4n) is 2.67. The van der Waals surface area contributed by atoms with Crippen molar-refractivity contribution in [1.29, 1.82) is 0 Å². The topological polar surface area (TPSA) is 83.7 Å². The van der Waals surface area contributed by atoms with Gasteiger partial charge < -0.3 is 10.0 Å². The van der Waals surface area contributed by atoms with E-state index in [9.17, 15) is 14.9 Å². The van der Waals surface area contributed by atoms with Crippen LogP contribution in [0, 0.1) is 16.0 Å². The van der Waals surface area contributed by atoms with Crippen molar-refractivity contribution in [2.24, 2.45) is 5.92 Å². The van der Waals surface area contributed by atoms with Crippen molar-refractivity contribution in [3.8, 4) is 0 Å². The van der Waals surface area contributed by atoms with Crippen LogP contribution in [0.4, 0.5) is 11.4 Å². The molecule has 0 aromatic heterocycles. The minimum atomic E-state index is -0.413. The van der Waals surface area contributed by atoms with Gasteiger partial charge in [-0.15, -0.1) is 0 Å². The minimum absolute atomic E-state index is 0.0382. The summed E-state index contributed by atoms with van der Waals surface area (Å²) in [6, 6.07) is 4.43. The molecule has 2 rings (SSSR count). The number of nitro benzene ring substituents is 1. The van der Waals surface area contributed by atoms with Gasteiger partial charge in [0.25, 0.3) is 5.69 Å². The number of aliphatic hydroxyl groups excluding tert-OH is 1. The summed E-state index contributed by atoms with van der Waals surface area (Å²) in [5, 5.41) is 20.0. The smallest absolute Gasteiger partial charge is 0.292 e. The lowest BCUT2D eigenvalue weighted by Crippen LogP contribution is -2.34. The normalized spacial score (nSPS) is 16.1. The van der Waals surface area contributed by atoms with Gasteiger partial charge in [-0.2, -0.15) is 0 Å². The van der Waals surface area contributed by atoms with Gasteiger partial charge in [-0.3, -0.25) is 14.9 Å². The van der Waals surface area contributed by atoms with Gasteiger partial charge in [-0.25, -0.2) is 0 Å². The van der Waals surface area contributed by atoms with Crippen molar-refractivity contribution in [2.75, 3.05) is 24.6 Å². The predicted octanol–water partition coefficient (Wildman–Crippen LogP) is 2.01. The van der Waals surface area contributed by atoms with Crippen molar-refractivity contribution in [3.63, 3.8) is 0 Å². The maximum Gasteiger partial charge on any atom is 0.292 e. The molecule has 0 unspecified atom stereocenters. The van der Waals surface area contributed by atoms with E-state index in [1.165, 1.54) is 12.1 Å². The summed E-state index contributed by atoms with van der Waals surface area (Å²) in [7, 11) is 0. The minimum Gasteiger partial charge on any atom is -0.396 e. The SMILES string of the molecule is O=Cc1ccc([N+](=O)[O-])c(N2CCC(CCO)CC2)c1. The van der Waals surface area contributed by atoms with Crippen molar-refractivity contribution in [2.45, 2.75) is 19.3 Å². The van der Waals surface area contributed by atoms with Crippen LogP contribution in [0.3, 0.4) is 0 Å². The summed E-state index contributed by atoms with van der Waals surface area (Å²) in [4.78, 5) is 23.5. The molecule has 1 aromatic rings. The average Bonchev–Trinajstić information content (AvgIpc) is 2.47. The second-order valence-corrected chi connectivity index (χ2v) is 5.07. The van der Waals surface area contributed by atoms with Gasteiger partial charge in [0, 0.05) is 31.3 Å². The third-order valence-corrected chi connectivity index (χ3v) is 3.82. The summed E-state index contributed by atoms with van der Waals surface area (Å²) < 4.78 is 0. The van der Waals surface area contributed by atoms with Crippen molar-refractivity contribution < 1.29 is 14.8 Å². The molecule has 0 saturated carbocycles. The van der Waals surface area contributed by atoms with Gasteiger partial charge in [0.15, 0.2) is 0 Å². The summed E-state index contributed by atoms with van der Waals surface area (Å²) >= 11 is 0. The van der Waals surface area contributed by atoms with Crippen LogP contribution in [0.5, 0.6) is 0 Å². The van der Waals surface area contributed by atoms with E-state index < -0.39 is 4.92 Å². The van der Waals surface area contributed by atoms with Gasteiger partial charge in [0.1, 0.15) is 12.0 Å². The third kappa shape index (κ3) is 3.14. The molecular formula is C14H18N2O4. The van der Waals surface area contributed by atoms with Gasteiger partial charge >= 0.3 is 0 Å². The Balaban J connectivity index is 2.19. The number of rotatable bonds is 5. The van der Waals surface area contributed by atoms with E-state index in [2.05, 4.69) is 0 Å². The Bertz CT molecular complexity index is 496. The van der Waals surface area contributed by atoms with Gasteiger partial charge in [-0.05, 0) is 37.3 Å². The summed E-state index contributed by atoms with van der Waals surface area (Å²) in [6.07, 6.45) is 3.29. The van der Waals surface area contributed by atoms with E-state index in [1.807, 2.05) is 4.90 Å². The Morgan fingerprint density at radius 1 is 1.40 bits per heavy atom. The number of benzene rings is 1. The quantitative estimate of drug-likeness (QED) is 0.506. The zero-order valence-electron chi connectivity index (χ0n) is 11.2. The Labute approximate surface area is 117 Å². The van der Waals surface area contributed by atoms with E-state index in [4.69, 9.17) is 5.11 Å². The van der Waals surface area contributed by atoms with Crippen LogP contribution in [0.1, 0.15) is 29.6 Å². The molecule has 0 atom stereocenters. The van der Waals surface area contributed by atoms with E-state index >= 15 is 0 Å². The Morgan fingerprint density at radius 3 is 2.65 bits per heavy atom. The van der Waals surface area contributed by atoms with E-state index in [-0.39, 0.29) is 12.3 Å².